The van der Waals surface area contributed by atoms with Crippen LogP contribution in [-0.2, 0) is 16.0 Å². The van der Waals surface area contributed by atoms with E-state index in [9.17, 15) is 4.79 Å². The Hall–Kier alpha value is -1.31. The SMILES string of the molecule is O=C1CC[C@H](Cc2ccccc2)O1. The molecule has 1 aliphatic heterocycles. The first kappa shape index (κ1) is 8.30. The van der Waals surface area contributed by atoms with Crippen LogP contribution in [0.25, 0.3) is 0 Å². The molecule has 1 fully saturated rings. The number of carbonyl (C=O) groups excluding carboxylic acids is 1. The predicted octanol–water partition coefficient (Wildman–Crippen LogP) is 1.93. The van der Waals surface area contributed by atoms with Crippen LogP contribution in [0.2, 0.25) is 0 Å². The van der Waals surface area contributed by atoms with Crippen molar-refractivity contribution in [2.24, 2.45) is 0 Å². The van der Waals surface area contributed by atoms with Crippen molar-refractivity contribution in [3.8, 4) is 0 Å². The largest absolute Gasteiger partial charge is 0.462 e. The minimum absolute atomic E-state index is 0.0547. The zero-order chi connectivity index (χ0) is 9.10. The number of rotatable bonds is 2. The molecule has 0 aliphatic carbocycles. The summed E-state index contributed by atoms with van der Waals surface area (Å²) in [7, 11) is 0. The Morgan fingerprint density at radius 3 is 2.69 bits per heavy atom. The minimum atomic E-state index is -0.0547. The molecule has 0 spiro atoms. The monoisotopic (exact) mass is 176 g/mol. The van der Waals surface area contributed by atoms with Crippen LogP contribution in [0.1, 0.15) is 18.4 Å². The molecule has 0 N–H and O–H groups in total. The molecule has 1 aliphatic rings. The number of benzene rings is 1. The van der Waals surface area contributed by atoms with E-state index in [2.05, 4.69) is 12.1 Å². The summed E-state index contributed by atoms with van der Waals surface area (Å²) in [4.78, 5) is 10.8. The summed E-state index contributed by atoms with van der Waals surface area (Å²) in [5.41, 5.74) is 1.24. The van der Waals surface area contributed by atoms with Crippen LogP contribution in [0.5, 0.6) is 0 Å². The number of ether oxygens (including phenoxy) is 1. The molecule has 0 aromatic heterocycles. The highest BCUT2D eigenvalue weighted by Gasteiger charge is 2.22. The van der Waals surface area contributed by atoms with Crippen LogP contribution in [-0.4, -0.2) is 12.1 Å². The minimum Gasteiger partial charge on any atom is -0.462 e. The summed E-state index contributed by atoms with van der Waals surface area (Å²) in [5.74, 6) is -0.0547. The lowest BCUT2D eigenvalue weighted by Gasteiger charge is -2.08. The van der Waals surface area contributed by atoms with E-state index in [4.69, 9.17) is 4.74 Å². The molecule has 0 bridgehead atoms. The average molecular weight is 176 g/mol. The van der Waals surface area contributed by atoms with Gasteiger partial charge in [0.2, 0.25) is 0 Å². The van der Waals surface area contributed by atoms with E-state index < -0.39 is 0 Å². The second kappa shape index (κ2) is 3.60. The molecule has 1 saturated heterocycles. The number of carbonyl (C=O) groups is 1. The van der Waals surface area contributed by atoms with E-state index in [0.29, 0.717) is 6.42 Å². The fourth-order valence-corrected chi connectivity index (χ4v) is 1.60. The van der Waals surface area contributed by atoms with Gasteiger partial charge in [-0.1, -0.05) is 30.3 Å². The molecule has 2 nitrogen and oxygen atoms in total. The summed E-state index contributed by atoms with van der Waals surface area (Å²) in [6.45, 7) is 0. The van der Waals surface area contributed by atoms with Gasteiger partial charge in [0.25, 0.3) is 0 Å². The van der Waals surface area contributed by atoms with Crippen molar-refractivity contribution >= 4 is 5.97 Å². The van der Waals surface area contributed by atoms with Crippen molar-refractivity contribution in [3.63, 3.8) is 0 Å². The van der Waals surface area contributed by atoms with Crippen molar-refractivity contribution in [1.29, 1.82) is 0 Å². The van der Waals surface area contributed by atoms with Crippen LogP contribution < -0.4 is 0 Å². The fraction of sp³-hybridized carbons (Fsp3) is 0.364. The lowest BCUT2D eigenvalue weighted by molar-refractivity contribution is -0.141. The van der Waals surface area contributed by atoms with Gasteiger partial charge in [-0.2, -0.15) is 0 Å². The second-order valence-corrected chi connectivity index (χ2v) is 3.34. The van der Waals surface area contributed by atoms with Crippen LogP contribution in [0, 0.1) is 0 Å². The lowest BCUT2D eigenvalue weighted by atomic mass is 10.1. The maximum absolute atomic E-state index is 10.8. The van der Waals surface area contributed by atoms with E-state index >= 15 is 0 Å². The highest BCUT2D eigenvalue weighted by Crippen LogP contribution is 2.17. The highest BCUT2D eigenvalue weighted by molar-refractivity contribution is 5.71. The van der Waals surface area contributed by atoms with Gasteiger partial charge in [0, 0.05) is 12.8 Å². The van der Waals surface area contributed by atoms with Crippen molar-refractivity contribution in [2.75, 3.05) is 0 Å². The van der Waals surface area contributed by atoms with Gasteiger partial charge in [-0.05, 0) is 12.0 Å². The van der Waals surface area contributed by atoms with Gasteiger partial charge in [0.1, 0.15) is 6.10 Å². The Labute approximate surface area is 77.5 Å². The third-order valence-corrected chi connectivity index (χ3v) is 2.27. The first-order valence-electron chi connectivity index (χ1n) is 4.58. The summed E-state index contributed by atoms with van der Waals surface area (Å²) in [6, 6.07) is 10.1. The van der Waals surface area contributed by atoms with E-state index in [1.807, 2.05) is 18.2 Å². The fourth-order valence-electron chi connectivity index (χ4n) is 1.60. The number of hydrogen-bond donors (Lipinski definition) is 0. The molecule has 0 unspecified atom stereocenters. The maximum atomic E-state index is 10.8. The molecule has 68 valence electrons. The van der Waals surface area contributed by atoms with Crippen LogP contribution in [0.4, 0.5) is 0 Å². The topological polar surface area (TPSA) is 26.3 Å². The molecule has 2 heteroatoms. The van der Waals surface area contributed by atoms with Gasteiger partial charge in [0.05, 0.1) is 0 Å². The third-order valence-electron chi connectivity index (χ3n) is 2.27. The lowest BCUT2D eigenvalue weighted by Crippen LogP contribution is -2.09. The molecule has 0 radical (unpaired) electrons. The first-order chi connectivity index (χ1) is 6.34. The normalized spacial score (nSPS) is 21.5. The zero-order valence-corrected chi connectivity index (χ0v) is 7.40. The van der Waals surface area contributed by atoms with Crippen molar-refractivity contribution in [2.45, 2.75) is 25.4 Å². The van der Waals surface area contributed by atoms with Gasteiger partial charge in [-0.25, -0.2) is 0 Å². The Morgan fingerprint density at radius 2 is 2.08 bits per heavy atom. The molecule has 13 heavy (non-hydrogen) atoms. The van der Waals surface area contributed by atoms with Crippen LogP contribution in [0.3, 0.4) is 0 Å². The summed E-state index contributed by atoms with van der Waals surface area (Å²) in [5, 5.41) is 0. The molecular formula is C11H12O2. The molecule has 0 saturated carbocycles. The standard InChI is InChI=1S/C11H12O2/c12-11-7-6-10(13-11)8-9-4-2-1-3-5-9/h1-5,10H,6-8H2/t10-/m1/s1. The van der Waals surface area contributed by atoms with Crippen molar-refractivity contribution in [3.05, 3.63) is 35.9 Å². The molecule has 2 rings (SSSR count). The molecule has 1 atom stereocenters. The molecule has 0 amide bonds. The van der Waals surface area contributed by atoms with Crippen molar-refractivity contribution < 1.29 is 9.53 Å². The van der Waals surface area contributed by atoms with Crippen molar-refractivity contribution in [1.82, 2.24) is 0 Å². The molecular weight excluding hydrogens is 164 g/mol. The Kier molecular flexibility index (Phi) is 2.30. The van der Waals surface area contributed by atoms with Gasteiger partial charge in [-0.3, -0.25) is 4.79 Å². The molecule has 1 heterocycles. The second-order valence-electron chi connectivity index (χ2n) is 3.34. The van der Waals surface area contributed by atoms with Crippen LogP contribution >= 0.6 is 0 Å². The molecule has 1 aromatic carbocycles. The van der Waals surface area contributed by atoms with Crippen LogP contribution in [0.15, 0.2) is 30.3 Å². The van der Waals surface area contributed by atoms with E-state index in [0.717, 1.165) is 12.8 Å². The summed E-state index contributed by atoms with van der Waals surface area (Å²) in [6.07, 6.45) is 2.41. The number of hydrogen-bond acceptors (Lipinski definition) is 2. The first-order valence-corrected chi connectivity index (χ1v) is 4.58. The molecule has 1 aromatic rings. The number of cyclic esters (lactones) is 1. The van der Waals surface area contributed by atoms with Gasteiger partial charge < -0.3 is 4.74 Å². The predicted molar refractivity (Wildman–Crippen MR) is 49.3 cm³/mol. The Morgan fingerprint density at radius 1 is 1.31 bits per heavy atom. The van der Waals surface area contributed by atoms with E-state index in [1.165, 1.54) is 5.56 Å². The van der Waals surface area contributed by atoms with Gasteiger partial charge >= 0.3 is 5.97 Å². The maximum Gasteiger partial charge on any atom is 0.306 e. The van der Waals surface area contributed by atoms with E-state index in [-0.39, 0.29) is 12.1 Å². The Balaban J connectivity index is 1.96. The summed E-state index contributed by atoms with van der Waals surface area (Å²) < 4.78 is 5.13. The third kappa shape index (κ3) is 2.08. The van der Waals surface area contributed by atoms with E-state index in [1.54, 1.807) is 0 Å². The zero-order valence-electron chi connectivity index (χ0n) is 7.40. The quantitative estimate of drug-likeness (QED) is 0.643. The average Bonchev–Trinajstić information content (AvgIpc) is 2.53. The van der Waals surface area contributed by atoms with Gasteiger partial charge in [-0.15, -0.1) is 0 Å². The Bertz CT molecular complexity index is 292. The number of esters is 1. The van der Waals surface area contributed by atoms with Gasteiger partial charge in [0.15, 0.2) is 0 Å². The highest BCUT2D eigenvalue weighted by atomic mass is 16.5. The smallest absolute Gasteiger partial charge is 0.306 e. The summed E-state index contributed by atoms with van der Waals surface area (Å²) >= 11 is 0.